The van der Waals surface area contributed by atoms with Gasteiger partial charge < -0.3 is 50.6 Å². The maximum Gasteiger partial charge on any atom is 0.315 e. The molecular formula is C27H42N8O7S. The van der Waals surface area contributed by atoms with Gasteiger partial charge in [0.1, 0.15) is 17.9 Å². The minimum atomic E-state index is -1.02. The number of nitrogens with one attached hydrogen (secondary N) is 4. The van der Waals surface area contributed by atoms with Crippen molar-refractivity contribution < 1.29 is 34.4 Å². The van der Waals surface area contributed by atoms with Crippen molar-refractivity contribution >= 4 is 40.7 Å². The molecule has 4 heterocycles. The highest BCUT2D eigenvalue weighted by Crippen LogP contribution is 2.37. The summed E-state index contributed by atoms with van der Waals surface area (Å²) in [5.74, 6) is 1.11. The van der Waals surface area contributed by atoms with Gasteiger partial charge in [-0.1, -0.05) is 6.42 Å². The van der Waals surface area contributed by atoms with Crippen LogP contribution in [0.5, 0.6) is 0 Å². The molecule has 7 atom stereocenters. The Balaban J connectivity index is 0.885. The number of nitrogens with zero attached hydrogens (tertiary/aromatic N) is 4. The van der Waals surface area contributed by atoms with E-state index < -0.39 is 24.2 Å². The summed E-state index contributed by atoms with van der Waals surface area (Å²) in [5.41, 5.74) is 1.08. The van der Waals surface area contributed by atoms with Gasteiger partial charge in [-0.15, -0.1) is 0 Å². The molecule has 7 N–H and O–H groups in total. The van der Waals surface area contributed by atoms with Gasteiger partial charge in [0.25, 0.3) is 0 Å². The first-order valence-electron chi connectivity index (χ1n) is 15.0. The molecule has 0 spiro atoms. The molecule has 1 saturated carbocycles. The highest BCUT2D eigenvalue weighted by atomic mass is 32.2. The molecule has 2 saturated heterocycles. The second-order valence-corrected chi connectivity index (χ2v) is 12.4. The Morgan fingerprint density at radius 1 is 1.07 bits per heavy atom. The number of hydrogen-bond donors (Lipinski definition) is 7. The molecule has 3 amide bonds. The van der Waals surface area contributed by atoms with E-state index in [1.807, 2.05) is 11.8 Å². The standard InChI is InChI=1S/C27H42N8O7S/c36-12-16-11-18(24(39)23(16)38)35-15-32-22-25(30-14-31-26(22)35)29-6-8-42-10-9-41-7-5-28-20(37)4-2-1-3-19-21-17(13-43-19)33-27(40)34-21/h14-19,21,23-24,36,38-39H,1-13H2,(H,28,37)(H,29,30,31)(H2,33,34,40)/t16-,17+,18-,19+,21+,23-,24+/m1/s1. The van der Waals surface area contributed by atoms with Crippen LogP contribution in [0.25, 0.3) is 11.2 Å². The summed E-state index contributed by atoms with van der Waals surface area (Å²) >= 11 is 1.89. The number of aliphatic hydroxyl groups is 3. The van der Waals surface area contributed by atoms with E-state index in [-0.39, 0.29) is 30.6 Å². The van der Waals surface area contributed by atoms with Crippen LogP contribution in [0.2, 0.25) is 0 Å². The van der Waals surface area contributed by atoms with E-state index in [4.69, 9.17) is 9.47 Å². The SMILES string of the molecule is O=C(CCCC[C@@H]1SC[C@@H]2NC(=O)N[C@@H]21)NCCOCCOCCNc1ncnc2c1ncn2[C@@H]1C[C@H](CO)[C@@H](O)[C@H]1O. The summed E-state index contributed by atoms with van der Waals surface area (Å²) in [6, 6.07) is -0.0622. The van der Waals surface area contributed by atoms with E-state index in [2.05, 4.69) is 36.2 Å². The maximum absolute atomic E-state index is 12.1. The van der Waals surface area contributed by atoms with Crippen molar-refractivity contribution in [1.29, 1.82) is 0 Å². The minimum absolute atomic E-state index is 0.0220. The number of aliphatic hydroxyl groups excluding tert-OH is 3. The number of anilines is 1. The zero-order chi connectivity index (χ0) is 30.2. The average molecular weight is 623 g/mol. The Hall–Kier alpha value is -2.76. The first-order valence-corrected chi connectivity index (χ1v) is 16.0. The number of amides is 3. The van der Waals surface area contributed by atoms with Crippen LogP contribution in [0.15, 0.2) is 12.7 Å². The minimum Gasteiger partial charge on any atom is -0.396 e. The number of carbonyl (C=O) groups excluding carboxylic acids is 2. The summed E-state index contributed by atoms with van der Waals surface area (Å²) < 4.78 is 12.9. The number of unbranched alkanes of at least 4 members (excludes halogenated alkanes) is 1. The van der Waals surface area contributed by atoms with E-state index in [0.29, 0.717) is 74.6 Å². The quantitative estimate of drug-likeness (QED) is 0.0872. The Kier molecular flexibility index (Phi) is 11.3. The number of aromatic nitrogens is 4. The van der Waals surface area contributed by atoms with Gasteiger partial charge in [-0.25, -0.2) is 19.7 Å². The van der Waals surface area contributed by atoms with Gasteiger partial charge >= 0.3 is 6.03 Å². The molecule has 0 aromatic carbocycles. The highest BCUT2D eigenvalue weighted by molar-refractivity contribution is 8.00. The molecule has 0 radical (unpaired) electrons. The average Bonchev–Trinajstić information content (AvgIpc) is 3.76. The lowest BCUT2D eigenvalue weighted by atomic mass is 10.0. The van der Waals surface area contributed by atoms with Crippen molar-refractivity contribution in [2.24, 2.45) is 5.92 Å². The molecule has 238 valence electrons. The first-order chi connectivity index (χ1) is 21.0. The maximum atomic E-state index is 12.1. The number of carbonyl (C=O) groups is 2. The van der Waals surface area contributed by atoms with Gasteiger partial charge in [-0.3, -0.25) is 4.79 Å². The fourth-order valence-corrected chi connectivity index (χ4v) is 7.51. The molecule has 2 aromatic rings. The topological polar surface area (TPSA) is 205 Å². The molecule has 3 aliphatic rings. The predicted octanol–water partition coefficient (Wildman–Crippen LogP) is -0.611. The summed E-state index contributed by atoms with van der Waals surface area (Å²) in [7, 11) is 0. The third-order valence-electron chi connectivity index (χ3n) is 8.28. The van der Waals surface area contributed by atoms with Crippen LogP contribution in [-0.4, -0.2) is 128 Å². The largest absolute Gasteiger partial charge is 0.396 e. The van der Waals surface area contributed by atoms with E-state index in [0.717, 1.165) is 25.0 Å². The van der Waals surface area contributed by atoms with Gasteiger partial charge in [0, 0.05) is 43.0 Å². The molecule has 5 rings (SSSR count). The number of ether oxygens (including phenoxy) is 2. The van der Waals surface area contributed by atoms with Crippen molar-refractivity contribution in [3.05, 3.63) is 12.7 Å². The molecule has 16 heteroatoms. The van der Waals surface area contributed by atoms with Gasteiger partial charge in [0.05, 0.1) is 57.0 Å². The second-order valence-electron chi connectivity index (χ2n) is 11.1. The molecule has 3 fully saturated rings. The van der Waals surface area contributed by atoms with Crippen LogP contribution >= 0.6 is 11.8 Å². The fraction of sp³-hybridized carbons (Fsp3) is 0.741. The molecule has 43 heavy (non-hydrogen) atoms. The van der Waals surface area contributed by atoms with E-state index in [1.165, 1.54) is 6.33 Å². The molecular weight excluding hydrogens is 580 g/mol. The van der Waals surface area contributed by atoms with Crippen molar-refractivity contribution in [3.63, 3.8) is 0 Å². The number of imidazole rings is 1. The third-order valence-corrected chi connectivity index (χ3v) is 9.79. The number of thioether (sulfide) groups is 1. The lowest BCUT2D eigenvalue weighted by molar-refractivity contribution is -0.121. The lowest BCUT2D eigenvalue weighted by Crippen LogP contribution is -2.36. The van der Waals surface area contributed by atoms with Crippen LogP contribution in [0, 0.1) is 5.92 Å². The second kappa shape index (κ2) is 15.3. The molecule has 0 unspecified atom stereocenters. The van der Waals surface area contributed by atoms with Gasteiger partial charge in [-0.2, -0.15) is 11.8 Å². The number of rotatable bonds is 17. The van der Waals surface area contributed by atoms with Gasteiger partial charge in [-0.05, 0) is 19.3 Å². The van der Waals surface area contributed by atoms with E-state index in [1.54, 1.807) is 10.9 Å². The monoisotopic (exact) mass is 622 g/mol. The smallest absolute Gasteiger partial charge is 0.315 e. The fourth-order valence-electron chi connectivity index (χ4n) is 5.97. The first kappa shape index (κ1) is 31.7. The summed E-state index contributed by atoms with van der Waals surface area (Å²) in [6.45, 7) is 2.39. The molecule has 0 bridgehead atoms. The number of hydrogen-bond acceptors (Lipinski definition) is 12. The summed E-state index contributed by atoms with van der Waals surface area (Å²) in [4.78, 5) is 36.5. The van der Waals surface area contributed by atoms with Crippen LogP contribution < -0.4 is 21.3 Å². The molecule has 15 nitrogen and oxygen atoms in total. The number of fused-ring (bicyclic) bond motifs is 2. The Morgan fingerprint density at radius 2 is 1.88 bits per heavy atom. The van der Waals surface area contributed by atoms with Crippen LogP contribution in [0.1, 0.15) is 38.1 Å². The van der Waals surface area contributed by atoms with E-state index >= 15 is 0 Å². The normalized spacial score (nSPS) is 28.2. The molecule has 1 aliphatic carbocycles. The predicted molar refractivity (Wildman–Crippen MR) is 159 cm³/mol. The van der Waals surface area contributed by atoms with Crippen molar-refractivity contribution in [3.8, 4) is 0 Å². The summed E-state index contributed by atoms with van der Waals surface area (Å²) in [6.07, 6.45) is 4.65. The van der Waals surface area contributed by atoms with Crippen LogP contribution in [-0.2, 0) is 14.3 Å². The van der Waals surface area contributed by atoms with Gasteiger partial charge in [0.15, 0.2) is 11.5 Å². The van der Waals surface area contributed by atoms with Crippen molar-refractivity contribution in [2.75, 3.05) is 57.2 Å². The summed E-state index contributed by atoms with van der Waals surface area (Å²) in [5, 5.41) is 42.5. The molecule has 2 aromatic heterocycles. The van der Waals surface area contributed by atoms with Crippen molar-refractivity contribution in [2.45, 2.75) is 67.7 Å². The highest BCUT2D eigenvalue weighted by Gasteiger charge is 2.43. The van der Waals surface area contributed by atoms with Crippen LogP contribution in [0.4, 0.5) is 10.6 Å². The lowest BCUT2D eigenvalue weighted by Gasteiger charge is -2.18. The van der Waals surface area contributed by atoms with Crippen molar-refractivity contribution in [1.82, 2.24) is 35.5 Å². The Morgan fingerprint density at radius 3 is 2.67 bits per heavy atom. The van der Waals surface area contributed by atoms with Crippen LogP contribution in [0.3, 0.4) is 0 Å². The Labute approximate surface area is 253 Å². The molecule has 2 aliphatic heterocycles. The zero-order valence-electron chi connectivity index (χ0n) is 24.1. The number of urea groups is 1. The zero-order valence-corrected chi connectivity index (χ0v) is 24.9. The van der Waals surface area contributed by atoms with E-state index in [9.17, 15) is 24.9 Å². The van der Waals surface area contributed by atoms with Gasteiger partial charge in [0.2, 0.25) is 5.91 Å². The Bertz CT molecular complexity index is 1220. The third kappa shape index (κ3) is 7.85.